The van der Waals surface area contributed by atoms with Crippen LogP contribution in [0.1, 0.15) is 18.4 Å². The molecule has 0 bridgehead atoms. The van der Waals surface area contributed by atoms with Gasteiger partial charge in [0.25, 0.3) is 0 Å². The average Bonchev–Trinajstić information content (AvgIpc) is 2.97. The van der Waals surface area contributed by atoms with Crippen LogP contribution in [0.3, 0.4) is 0 Å². The molecule has 110 valence electrons. The number of nitrogens with one attached hydrogen (secondary N) is 2. The fourth-order valence-electron chi connectivity index (χ4n) is 2.35. The molecule has 0 saturated carbocycles. The van der Waals surface area contributed by atoms with Gasteiger partial charge >= 0.3 is 0 Å². The van der Waals surface area contributed by atoms with Gasteiger partial charge in [0.05, 0.1) is 14.2 Å². The van der Waals surface area contributed by atoms with E-state index >= 15 is 0 Å². The lowest BCUT2D eigenvalue weighted by atomic mass is 10.1. The molecule has 2 N–H and O–H groups in total. The topological polar surface area (TPSA) is 59.6 Å². The lowest BCUT2D eigenvalue weighted by Crippen LogP contribution is -2.36. The fraction of sp³-hybridized carbons (Fsp3) is 0.533. The molecule has 5 nitrogen and oxygen atoms in total. The van der Waals surface area contributed by atoms with Gasteiger partial charge < -0.3 is 20.1 Å². The van der Waals surface area contributed by atoms with Gasteiger partial charge in [0, 0.05) is 25.1 Å². The average molecular weight is 278 g/mol. The Balaban J connectivity index is 1.87. The molecule has 5 heteroatoms. The minimum absolute atomic E-state index is 0.0977. The second-order valence-electron chi connectivity index (χ2n) is 4.98. The van der Waals surface area contributed by atoms with Crippen molar-refractivity contribution in [1.29, 1.82) is 0 Å². The van der Waals surface area contributed by atoms with Crippen LogP contribution in [-0.2, 0) is 11.2 Å². The minimum atomic E-state index is 0.0977. The number of ether oxygens (including phenoxy) is 2. The van der Waals surface area contributed by atoms with Crippen molar-refractivity contribution in [3.63, 3.8) is 0 Å². The molecule has 1 aromatic carbocycles. The number of methoxy groups -OCH3 is 2. The molecule has 1 fully saturated rings. The summed E-state index contributed by atoms with van der Waals surface area (Å²) in [6.45, 7) is 1.86. The first-order chi connectivity index (χ1) is 9.71. The van der Waals surface area contributed by atoms with Crippen LogP contribution < -0.4 is 20.1 Å². The Hall–Kier alpha value is -1.75. The summed E-state index contributed by atoms with van der Waals surface area (Å²) in [5, 5.41) is 6.28. The van der Waals surface area contributed by atoms with Gasteiger partial charge in [-0.25, -0.2) is 0 Å². The standard InChI is InChI=1S/C15H22N2O3/c1-19-13-7-11(8-14(9-13)20-2)3-4-15(18)17-12-5-6-16-10-12/h7-9,12,16H,3-6,10H2,1-2H3,(H,17,18). The summed E-state index contributed by atoms with van der Waals surface area (Å²) in [6, 6.07) is 5.98. The van der Waals surface area contributed by atoms with Crippen LogP contribution in [0.2, 0.25) is 0 Å². The predicted octanol–water partition coefficient (Wildman–Crippen LogP) is 1.11. The van der Waals surface area contributed by atoms with Crippen molar-refractivity contribution >= 4 is 5.91 Å². The molecule has 1 aromatic rings. The third kappa shape index (κ3) is 4.13. The zero-order chi connectivity index (χ0) is 14.4. The Morgan fingerprint density at radius 1 is 1.30 bits per heavy atom. The van der Waals surface area contributed by atoms with Gasteiger partial charge in [0.15, 0.2) is 0 Å². The van der Waals surface area contributed by atoms with Crippen LogP contribution >= 0.6 is 0 Å². The molecule has 1 atom stereocenters. The highest BCUT2D eigenvalue weighted by molar-refractivity contribution is 5.76. The Morgan fingerprint density at radius 2 is 2.00 bits per heavy atom. The third-order valence-corrected chi connectivity index (χ3v) is 3.48. The number of aryl methyl sites for hydroxylation is 1. The first-order valence-corrected chi connectivity index (χ1v) is 6.93. The number of rotatable bonds is 6. The van der Waals surface area contributed by atoms with Gasteiger partial charge in [-0.15, -0.1) is 0 Å². The largest absolute Gasteiger partial charge is 0.497 e. The van der Waals surface area contributed by atoms with Crippen molar-refractivity contribution in [2.24, 2.45) is 0 Å². The van der Waals surface area contributed by atoms with Crippen LogP contribution in [0.4, 0.5) is 0 Å². The zero-order valence-electron chi connectivity index (χ0n) is 12.1. The highest BCUT2D eigenvalue weighted by Crippen LogP contribution is 2.23. The van der Waals surface area contributed by atoms with Crippen LogP contribution in [0.15, 0.2) is 18.2 Å². The zero-order valence-corrected chi connectivity index (χ0v) is 12.1. The first-order valence-electron chi connectivity index (χ1n) is 6.93. The van der Waals surface area contributed by atoms with E-state index in [4.69, 9.17) is 9.47 Å². The molecule has 1 heterocycles. The highest BCUT2D eigenvalue weighted by Gasteiger charge is 2.16. The molecule has 0 radical (unpaired) electrons. The molecule has 1 saturated heterocycles. The van der Waals surface area contributed by atoms with Crippen LogP contribution in [-0.4, -0.2) is 39.3 Å². The Labute approximate surface area is 119 Å². The monoisotopic (exact) mass is 278 g/mol. The van der Waals surface area contributed by atoms with Crippen molar-refractivity contribution in [2.45, 2.75) is 25.3 Å². The van der Waals surface area contributed by atoms with Crippen LogP contribution in [0, 0.1) is 0 Å². The van der Waals surface area contributed by atoms with Crippen molar-refractivity contribution < 1.29 is 14.3 Å². The molecule has 0 aliphatic carbocycles. The minimum Gasteiger partial charge on any atom is -0.497 e. The first kappa shape index (κ1) is 14.7. The van der Waals surface area contributed by atoms with E-state index in [9.17, 15) is 4.79 Å². The van der Waals surface area contributed by atoms with Gasteiger partial charge in [-0.3, -0.25) is 4.79 Å². The summed E-state index contributed by atoms with van der Waals surface area (Å²) in [5.41, 5.74) is 1.04. The second-order valence-corrected chi connectivity index (χ2v) is 4.98. The number of hydrogen-bond donors (Lipinski definition) is 2. The molecule has 20 heavy (non-hydrogen) atoms. The van der Waals surface area contributed by atoms with Gasteiger partial charge in [-0.1, -0.05) is 0 Å². The number of carbonyl (C=O) groups is 1. The molecule has 0 spiro atoms. The van der Waals surface area contributed by atoms with Gasteiger partial charge in [-0.2, -0.15) is 0 Å². The van der Waals surface area contributed by atoms with Crippen LogP contribution in [0.25, 0.3) is 0 Å². The summed E-state index contributed by atoms with van der Waals surface area (Å²) in [6.07, 6.45) is 2.17. The Bertz CT molecular complexity index is 434. The van der Waals surface area contributed by atoms with Crippen molar-refractivity contribution in [2.75, 3.05) is 27.3 Å². The van der Waals surface area contributed by atoms with Gasteiger partial charge in [0.2, 0.25) is 5.91 Å². The van der Waals surface area contributed by atoms with E-state index in [-0.39, 0.29) is 11.9 Å². The molecular formula is C15H22N2O3. The summed E-state index contributed by atoms with van der Waals surface area (Å²) in [5.74, 6) is 1.60. The molecular weight excluding hydrogens is 256 g/mol. The highest BCUT2D eigenvalue weighted by atomic mass is 16.5. The summed E-state index contributed by atoms with van der Waals surface area (Å²) in [4.78, 5) is 11.9. The van der Waals surface area contributed by atoms with Crippen molar-refractivity contribution in [3.8, 4) is 11.5 Å². The van der Waals surface area contributed by atoms with Crippen molar-refractivity contribution in [1.82, 2.24) is 10.6 Å². The van der Waals surface area contributed by atoms with E-state index in [1.54, 1.807) is 14.2 Å². The lowest BCUT2D eigenvalue weighted by Gasteiger charge is -2.12. The molecule has 0 aromatic heterocycles. The maximum Gasteiger partial charge on any atom is 0.220 e. The normalized spacial score (nSPS) is 17.8. The maximum absolute atomic E-state index is 11.9. The van der Waals surface area contributed by atoms with E-state index in [0.29, 0.717) is 12.8 Å². The van der Waals surface area contributed by atoms with E-state index in [2.05, 4.69) is 10.6 Å². The van der Waals surface area contributed by atoms with E-state index in [0.717, 1.165) is 36.6 Å². The third-order valence-electron chi connectivity index (χ3n) is 3.48. The molecule has 2 rings (SSSR count). The second kappa shape index (κ2) is 7.14. The maximum atomic E-state index is 11.9. The SMILES string of the molecule is COc1cc(CCC(=O)NC2CCNC2)cc(OC)c1. The quantitative estimate of drug-likeness (QED) is 0.818. The summed E-state index contributed by atoms with van der Waals surface area (Å²) >= 11 is 0. The smallest absolute Gasteiger partial charge is 0.220 e. The van der Waals surface area contributed by atoms with E-state index < -0.39 is 0 Å². The molecule has 1 unspecified atom stereocenters. The van der Waals surface area contributed by atoms with E-state index in [1.807, 2.05) is 18.2 Å². The number of hydrogen-bond acceptors (Lipinski definition) is 4. The predicted molar refractivity (Wildman–Crippen MR) is 77.3 cm³/mol. The Morgan fingerprint density at radius 3 is 2.55 bits per heavy atom. The van der Waals surface area contributed by atoms with Gasteiger partial charge in [-0.05, 0) is 37.1 Å². The molecule has 1 aliphatic heterocycles. The van der Waals surface area contributed by atoms with E-state index in [1.165, 1.54) is 0 Å². The summed E-state index contributed by atoms with van der Waals surface area (Å²) in [7, 11) is 3.25. The number of carbonyl (C=O) groups excluding carboxylic acids is 1. The molecule has 1 aliphatic rings. The fourth-order valence-corrected chi connectivity index (χ4v) is 2.35. The molecule has 1 amide bonds. The Kier molecular flexibility index (Phi) is 5.24. The van der Waals surface area contributed by atoms with Gasteiger partial charge in [0.1, 0.15) is 11.5 Å². The lowest BCUT2D eigenvalue weighted by molar-refractivity contribution is -0.121. The van der Waals surface area contributed by atoms with Crippen LogP contribution in [0.5, 0.6) is 11.5 Å². The van der Waals surface area contributed by atoms with Crippen molar-refractivity contribution in [3.05, 3.63) is 23.8 Å². The number of amides is 1. The summed E-state index contributed by atoms with van der Waals surface area (Å²) < 4.78 is 10.4. The number of benzene rings is 1.